The summed E-state index contributed by atoms with van der Waals surface area (Å²) in [7, 11) is 0. The lowest BCUT2D eigenvalue weighted by molar-refractivity contribution is -0.662. The fourth-order valence-corrected chi connectivity index (χ4v) is 0.646. The van der Waals surface area contributed by atoms with Crippen molar-refractivity contribution < 1.29 is 19.4 Å². The lowest BCUT2D eigenvalue weighted by Crippen LogP contribution is -2.32. The molecular formula is C3H7N2O4S+. The molecule has 10 heavy (non-hydrogen) atoms. The summed E-state index contributed by atoms with van der Waals surface area (Å²) in [4.78, 5) is 19.7. The second kappa shape index (κ2) is 4.07. The Labute approximate surface area is 60.7 Å². The van der Waals surface area contributed by atoms with Crippen LogP contribution in [0.5, 0.6) is 0 Å². The Hall–Kier alpha value is -0.820. The largest absolute Gasteiger partial charge is 0.480 e. The van der Waals surface area contributed by atoms with Crippen molar-refractivity contribution in [1.82, 2.24) is 0 Å². The smallest absolute Gasteiger partial charge is 0.321 e. The fourth-order valence-electron chi connectivity index (χ4n) is 0.215. The predicted octanol–water partition coefficient (Wildman–Crippen LogP) is -0.785. The summed E-state index contributed by atoms with van der Waals surface area (Å²) in [6.45, 7) is 0. The quantitative estimate of drug-likeness (QED) is 0.374. The molecule has 0 radical (unpaired) electrons. The summed E-state index contributed by atoms with van der Waals surface area (Å²) in [5.41, 5.74) is 4.97. The molecule has 0 amide bonds. The van der Waals surface area contributed by atoms with Crippen LogP contribution in [0.25, 0.3) is 0 Å². The minimum Gasteiger partial charge on any atom is -0.480 e. The highest BCUT2D eigenvalue weighted by atomic mass is 32.2. The minimum absolute atomic E-state index is 0.144. The third-order valence-corrected chi connectivity index (χ3v) is 1.41. The molecule has 1 unspecified atom stereocenters. The fraction of sp³-hybridized carbons (Fsp3) is 0.667. The molecule has 4 N–H and O–H groups in total. The van der Waals surface area contributed by atoms with E-state index in [1.165, 1.54) is 0 Å². The van der Waals surface area contributed by atoms with E-state index in [2.05, 4.69) is 0 Å². The van der Waals surface area contributed by atoms with Gasteiger partial charge in [-0.15, -0.1) is 0 Å². The number of rotatable bonds is 4. The van der Waals surface area contributed by atoms with E-state index in [4.69, 9.17) is 16.0 Å². The van der Waals surface area contributed by atoms with Crippen molar-refractivity contribution in [2.24, 2.45) is 5.73 Å². The topological polar surface area (TPSA) is 104 Å². The predicted molar refractivity (Wildman–Crippen MR) is 33.5 cm³/mol. The normalized spacial score (nSPS) is 12.5. The van der Waals surface area contributed by atoms with Crippen LogP contribution < -0.4 is 5.73 Å². The van der Waals surface area contributed by atoms with Gasteiger partial charge in [-0.05, 0) is 0 Å². The van der Waals surface area contributed by atoms with Gasteiger partial charge in [0.15, 0.2) is 0 Å². The third kappa shape index (κ3) is 4.10. The first-order chi connectivity index (χ1) is 4.54. The zero-order chi connectivity index (χ0) is 8.15. The van der Waals surface area contributed by atoms with Gasteiger partial charge >= 0.3 is 5.97 Å². The molecule has 0 spiro atoms. The van der Waals surface area contributed by atoms with Crippen molar-refractivity contribution in [3.8, 4) is 0 Å². The maximum atomic E-state index is 9.97. The van der Waals surface area contributed by atoms with Crippen LogP contribution in [0, 0.1) is 4.91 Å². The van der Waals surface area contributed by atoms with Gasteiger partial charge in [-0.25, -0.2) is 5.21 Å². The maximum Gasteiger partial charge on any atom is 0.321 e. The van der Waals surface area contributed by atoms with Crippen molar-refractivity contribution in [3.05, 3.63) is 4.91 Å². The van der Waals surface area contributed by atoms with E-state index in [1.807, 2.05) is 0 Å². The Morgan fingerprint density at radius 1 is 1.80 bits per heavy atom. The van der Waals surface area contributed by atoms with Crippen LogP contribution >= 0.6 is 11.9 Å². The highest BCUT2D eigenvalue weighted by molar-refractivity contribution is 7.93. The number of carboxylic acids is 1. The summed E-state index contributed by atoms with van der Waals surface area (Å²) in [5.74, 6) is -1.34. The van der Waals surface area contributed by atoms with E-state index in [1.54, 1.807) is 0 Å². The Morgan fingerprint density at radius 2 is 2.30 bits per heavy atom. The first-order valence-electron chi connectivity index (χ1n) is 2.31. The van der Waals surface area contributed by atoms with Gasteiger partial charge in [-0.3, -0.25) is 4.79 Å². The van der Waals surface area contributed by atoms with Crippen molar-refractivity contribution >= 4 is 17.9 Å². The molecule has 0 aliphatic rings. The highest BCUT2D eigenvalue weighted by Crippen LogP contribution is 1.99. The molecule has 0 aromatic carbocycles. The zero-order valence-corrected chi connectivity index (χ0v) is 5.74. The van der Waals surface area contributed by atoms with Crippen molar-refractivity contribution in [1.29, 1.82) is 0 Å². The number of carboxylic acid groups (broad SMARTS) is 1. The van der Waals surface area contributed by atoms with Gasteiger partial charge in [-0.2, -0.15) is 0 Å². The Kier molecular flexibility index (Phi) is 3.74. The van der Waals surface area contributed by atoms with Crippen LogP contribution in [-0.2, 0) is 4.79 Å². The van der Waals surface area contributed by atoms with Gasteiger partial charge in [0.25, 0.3) is 16.3 Å². The molecule has 0 aromatic heterocycles. The molecule has 0 aromatic rings. The molecule has 0 fully saturated rings. The molecule has 0 bridgehead atoms. The van der Waals surface area contributed by atoms with Crippen LogP contribution in [0.3, 0.4) is 0 Å². The van der Waals surface area contributed by atoms with Crippen LogP contribution in [-0.4, -0.2) is 32.4 Å². The van der Waals surface area contributed by atoms with Crippen molar-refractivity contribution in [2.45, 2.75) is 6.04 Å². The van der Waals surface area contributed by atoms with Crippen LogP contribution in [0.2, 0.25) is 0 Å². The summed E-state index contributed by atoms with van der Waals surface area (Å²) in [6, 6.07) is -1.12. The highest BCUT2D eigenvalue weighted by Gasteiger charge is 2.18. The first-order valence-corrected chi connectivity index (χ1v) is 3.25. The average molecular weight is 167 g/mol. The number of hydrogen-bond donors (Lipinski definition) is 3. The van der Waals surface area contributed by atoms with Crippen LogP contribution in [0.15, 0.2) is 0 Å². The molecule has 0 heterocycles. The van der Waals surface area contributed by atoms with E-state index in [-0.39, 0.29) is 5.75 Å². The summed E-state index contributed by atoms with van der Waals surface area (Å²) >= 11 is 0.395. The van der Waals surface area contributed by atoms with Gasteiger partial charge in [0, 0.05) is 0 Å². The Balaban J connectivity index is 3.49. The molecule has 0 rings (SSSR count). The van der Waals surface area contributed by atoms with Crippen LogP contribution in [0.4, 0.5) is 0 Å². The van der Waals surface area contributed by atoms with E-state index in [9.17, 15) is 9.70 Å². The van der Waals surface area contributed by atoms with Gasteiger partial charge in [0.2, 0.25) is 0 Å². The zero-order valence-electron chi connectivity index (χ0n) is 4.93. The Bertz CT molecular complexity index is 149. The number of nitrogens with zero attached hydrogens (tertiary/aromatic N) is 1. The number of hydrogen-bond acceptors (Lipinski definition) is 4. The van der Waals surface area contributed by atoms with Crippen molar-refractivity contribution in [2.75, 3.05) is 5.75 Å². The van der Waals surface area contributed by atoms with E-state index in [0.717, 1.165) is 0 Å². The first kappa shape index (κ1) is 9.18. The summed E-state index contributed by atoms with van der Waals surface area (Å²) < 4.78 is -0.428. The molecule has 0 aliphatic heterocycles. The molecule has 1 atom stereocenters. The summed E-state index contributed by atoms with van der Waals surface area (Å²) in [5, 5.41) is 16.1. The molecule has 0 aliphatic carbocycles. The second-order valence-electron chi connectivity index (χ2n) is 1.48. The number of carbonyl (C=O) groups is 1. The lowest BCUT2D eigenvalue weighted by Gasteiger charge is -1.96. The second-order valence-corrected chi connectivity index (χ2v) is 2.38. The summed E-state index contributed by atoms with van der Waals surface area (Å²) in [6.07, 6.45) is 0. The van der Waals surface area contributed by atoms with E-state index >= 15 is 0 Å². The van der Waals surface area contributed by atoms with E-state index in [0.29, 0.717) is 11.9 Å². The molecule has 58 valence electrons. The molecule has 7 heteroatoms. The molecule has 0 saturated heterocycles. The van der Waals surface area contributed by atoms with Gasteiger partial charge < -0.3 is 10.8 Å². The SMILES string of the molecule is NC(CS[N+](=O)O)C(=O)O. The molecular weight excluding hydrogens is 160 g/mol. The standard InChI is InChI=1S/C3H6N2O4S/c4-2(3(6)7)1-10-5(8)9/h2H,1,4H2,(H-,6,7,8,9)/p+1. The monoisotopic (exact) mass is 167 g/mol. The number of aliphatic carboxylic acids is 1. The Morgan fingerprint density at radius 3 is 2.60 bits per heavy atom. The van der Waals surface area contributed by atoms with Gasteiger partial charge in [0.1, 0.15) is 6.04 Å². The maximum absolute atomic E-state index is 9.97. The third-order valence-electron chi connectivity index (χ3n) is 0.682. The van der Waals surface area contributed by atoms with Crippen molar-refractivity contribution in [3.63, 3.8) is 0 Å². The van der Waals surface area contributed by atoms with E-state index < -0.39 is 16.3 Å². The minimum atomic E-state index is -1.20. The average Bonchev–Trinajstić information content (AvgIpc) is 1.82. The van der Waals surface area contributed by atoms with Gasteiger partial charge in [-0.1, -0.05) is 0 Å². The van der Waals surface area contributed by atoms with Crippen LogP contribution in [0.1, 0.15) is 0 Å². The van der Waals surface area contributed by atoms with Gasteiger partial charge in [0.05, 0.1) is 10.7 Å². The molecule has 6 nitrogen and oxygen atoms in total. The number of nitrogens with two attached hydrogens (primary N) is 1. The lowest BCUT2D eigenvalue weighted by atomic mass is 10.4. The molecule has 0 saturated carbocycles.